The topological polar surface area (TPSA) is 34.5 Å². The molecule has 5 heterocycles. The monoisotopic (exact) mass is 818 g/mol. The highest BCUT2D eigenvalue weighted by Gasteiger charge is 2.49. The number of rotatable bonds is 1. The van der Waals surface area contributed by atoms with E-state index in [1.165, 1.54) is 94.6 Å². The zero-order valence-electron chi connectivity index (χ0n) is 37.6. The Hall–Kier alpha value is -6.20. The molecule has 2 aliphatic heterocycles. The van der Waals surface area contributed by atoms with Crippen LogP contribution >= 0.6 is 0 Å². The van der Waals surface area contributed by atoms with E-state index in [1.807, 2.05) is 0 Å². The third-order valence-corrected chi connectivity index (χ3v) is 16.7. The second-order valence-corrected chi connectivity index (χ2v) is 22.1. The number of hydrogen-bond acceptors (Lipinski definition) is 3. The molecule has 7 aromatic carbocycles. The molecule has 10 aromatic rings. The summed E-state index contributed by atoms with van der Waals surface area (Å²) in [6.07, 6.45) is 4.61. The largest absolute Gasteiger partial charge is 0.466 e. The molecular formula is C58H51BN2O2. The van der Waals surface area contributed by atoms with Crippen LogP contribution in [0.5, 0.6) is 0 Å². The molecule has 14 rings (SSSR count). The van der Waals surface area contributed by atoms with E-state index in [1.54, 1.807) is 0 Å². The van der Waals surface area contributed by atoms with Crippen LogP contribution in [0.4, 0.5) is 17.1 Å². The van der Waals surface area contributed by atoms with Gasteiger partial charge in [-0.2, -0.15) is 0 Å². The maximum Gasteiger partial charge on any atom is 0.376 e. The van der Waals surface area contributed by atoms with Crippen LogP contribution < -0.4 is 16.0 Å². The van der Waals surface area contributed by atoms with Crippen LogP contribution in [-0.4, -0.2) is 11.3 Å². The number of furan rings is 2. The van der Waals surface area contributed by atoms with E-state index in [2.05, 4.69) is 180 Å². The number of para-hydroxylation sites is 2. The van der Waals surface area contributed by atoms with Gasteiger partial charge in [0.1, 0.15) is 22.4 Å². The van der Waals surface area contributed by atoms with Crippen LogP contribution in [0.1, 0.15) is 103 Å². The Labute approximate surface area is 368 Å². The SMILES string of the molecule is CC1(C)CCC(C)(C)c2cc(N3c4c(oc5cc6c(cc45)C(C)(C)CCC6(C)C)B4c5c(cc6oc7ccccc7c6c53)-c3cccc5c6ccc7ccccc7c6n4c35)ccc21. The Morgan fingerprint density at radius 1 is 0.460 bits per heavy atom. The molecule has 3 aromatic heterocycles. The van der Waals surface area contributed by atoms with Crippen molar-refractivity contribution in [2.24, 2.45) is 0 Å². The van der Waals surface area contributed by atoms with Gasteiger partial charge in [0.25, 0.3) is 0 Å². The van der Waals surface area contributed by atoms with Crippen molar-refractivity contribution >= 4 is 101 Å². The van der Waals surface area contributed by atoms with E-state index in [0.29, 0.717) is 0 Å². The fourth-order valence-electron chi connectivity index (χ4n) is 13.0. The average molecular weight is 819 g/mol. The predicted octanol–water partition coefficient (Wildman–Crippen LogP) is 14.7. The summed E-state index contributed by atoms with van der Waals surface area (Å²) in [6.45, 7) is 19.2. The van der Waals surface area contributed by atoms with Crippen molar-refractivity contribution in [2.45, 2.75) is 103 Å². The fraction of sp³-hybridized carbons (Fsp3) is 0.276. The van der Waals surface area contributed by atoms with Crippen molar-refractivity contribution in [1.29, 1.82) is 0 Å². The van der Waals surface area contributed by atoms with Gasteiger partial charge in [0, 0.05) is 49.2 Å². The normalized spacial score (nSPS) is 18.7. The minimum atomic E-state index is -0.238. The Balaban J connectivity index is 1.21. The molecule has 0 amide bonds. The molecular weight excluding hydrogens is 767 g/mol. The quantitative estimate of drug-likeness (QED) is 0.155. The number of benzene rings is 7. The van der Waals surface area contributed by atoms with Crippen molar-refractivity contribution in [2.75, 3.05) is 4.90 Å². The third-order valence-electron chi connectivity index (χ3n) is 16.7. The van der Waals surface area contributed by atoms with E-state index in [4.69, 9.17) is 8.83 Å². The summed E-state index contributed by atoms with van der Waals surface area (Å²) in [5.74, 6) is 0. The molecule has 4 aliphatic rings. The molecule has 4 nitrogen and oxygen atoms in total. The van der Waals surface area contributed by atoms with E-state index < -0.39 is 0 Å². The smallest absolute Gasteiger partial charge is 0.376 e. The van der Waals surface area contributed by atoms with Crippen molar-refractivity contribution in [3.05, 3.63) is 138 Å². The van der Waals surface area contributed by atoms with Crippen molar-refractivity contribution < 1.29 is 8.83 Å². The summed E-state index contributed by atoms with van der Waals surface area (Å²) in [7, 11) is 0. The van der Waals surface area contributed by atoms with E-state index in [-0.39, 0.29) is 28.5 Å². The third kappa shape index (κ3) is 4.48. The lowest BCUT2D eigenvalue weighted by Gasteiger charge is -2.43. The van der Waals surface area contributed by atoms with Crippen LogP contribution in [0, 0.1) is 0 Å². The van der Waals surface area contributed by atoms with Gasteiger partial charge in [-0.3, -0.25) is 0 Å². The lowest BCUT2D eigenvalue weighted by atomic mass is 9.47. The number of nitrogens with zero attached hydrogens (tertiary/aromatic N) is 2. The second-order valence-electron chi connectivity index (χ2n) is 22.1. The molecule has 0 N–H and O–H groups in total. The Bertz CT molecular complexity index is 3720. The maximum absolute atomic E-state index is 7.68. The molecule has 0 bridgehead atoms. The number of fused-ring (bicyclic) bond motifs is 17. The van der Waals surface area contributed by atoms with Crippen LogP contribution in [0.25, 0.3) is 76.6 Å². The highest BCUT2D eigenvalue weighted by atomic mass is 16.3. The second kappa shape index (κ2) is 11.5. The van der Waals surface area contributed by atoms with Gasteiger partial charge in [0.05, 0.1) is 16.8 Å². The highest BCUT2D eigenvalue weighted by Crippen LogP contribution is 2.55. The van der Waals surface area contributed by atoms with Gasteiger partial charge in [0.15, 0.2) is 0 Å². The van der Waals surface area contributed by atoms with Gasteiger partial charge in [0.2, 0.25) is 0 Å². The molecule has 0 saturated heterocycles. The zero-order chi connectivity index (χ0) is 42.7. The number of aromatic nitrogens is 1. The highest BCUT2D eigenvalue weighted by molar-refractivity contribution is 6.90. The average Bonchev–Trinajstić information content (AvgIpc) is 3.95. The summed E-state index contributed by atoms with van der Waals surface area (Å²) in [5.41, 5.74) is 19.5. The maximum atomic E-state index is 7.68. The van der Waals surface area contributed by atoms with Crippen LogP contribution in [0.2, 0.25) is 0 Å². The first kappa shape index (κ1) is 36.3. The molecule has 0 radical (unpaired) electrons. The first-order valence-electron chi connectivity index (χ1n) is 23.2. The number of hydrogen-bond donors (Lipinski definition) is 0. The van der Waals surface area contributed by atoms with Gasteiger partial charge in [-0.15, -0.1) is 0 Å². The molecule has 2 aliphatic carbocycles. The van der Waals surface area contributed by atoms with Crippen molar-refractivity contribution in [3.63, 3.8) is 0 Å². The molecule has 0 spiro atoms. The van der Waals surface area contributed by atoms with Crippen molar-refractivity contribution in [3.8, 4) is 11.1 Å². The zero-order valence-corrected chi connectivity index (χ0v) is 37.6. The van der Waals surface area contributed by atoms with Gasteiger partial charge in [-0.25, -0.2) is 0 Å². The molecule has 0 fully saturated rings. The first-order valence-corrected chi connectivity index (χ1v) is 23.2. The molecule has 5 heteroatoms. The van der Waals surface area contributed by atoms with Crippen molar-refractivity contribution in [1.82, 2.24) is 4.48 Å². The first-order chi connectivity index (χ1) is 30.2. The van der Waals surface area contributed by atoms with E-state index in [0.717, 1.165) is 58.1 Å². The minimum Gasteiger partial charge on any atom is -0.466 e. The predicted molar refractivity (Wildman–Crippen MR) is 265 cm³/mol. The van der Waals surface area contributed by atoms with Crippen LogP contribution in [-0.2, 0) is 21.7 Å². The van der Waals surface area contributed by atoms with Crippen LogP contribution in [0.15, 0.2) is 124 Å². The molecule has 0 atom stereocenters. The van der Waals surface area contributed by atoms with Gasteiger partial charge in [-0.1, -0.05) is 134 Å². The molecule has 0 saturated carbocycles. The Kier molecular flexibility index (Phi) is 6.62. The molecule has 0 unspecified atom stereocenters. The van der Waals surface area contributed by atoms with Crippen LogP contribution in [0.3, 0.4) is 0 Å². The summed E-state index contributed by atoms with van der Waals surface area (Å²) >= 11 is 0. The Morgan fingerprint density at radius 3 is 1.89 bits per heavy atom. The summed E-state index contributed by atoms with van der Waals surface area (Å²) in [4.78, 5) is 2.63. The van der Waals surface area contributed by atoms with Gasteiger partial charge >= 0.3 is 6.85 Å². The fourth-order valence-corrected chi connectivity index (χ4v) is 13.0. The van der Waals surface area contributed by atoms with E-state index in [9.17, 15) is 0 Å². The standard InChI is InChI=1S/C58H51BN2O2/c1-55(2)24-25-56(3,4)42-28-33(21-23-41(42)55)60-52-40-29-43-44(58(7,8)27-26-57(43,5)6)31-46(40)63-54(52)59-49-39(30-47-48(53(49)60)38-16-11-12-19-45(38)62-47)36-18-13-17-35-37-22-20-32-14-9-10-15-34(32)50(37)61(59)51(35)36/h9-23,28-31H,24-27H2,1-8H3. The molecule has 63 heavy (non-hydrogen) atoms. The lowest BCUT2D eigenvalue weighted by molar-refractivity contribution is 0.332. The summed E-state index contributed by atoms with van der Waals surface area (Å²) in [6, 6.07) is 43.9. The minimum absolute atomic E-state index is 0.0225. The van der Waals surface area contributed by atoms with Gasteiger partial charge < -0.3 is 18.2 Å². The van der Waals surface area contributed by atoms with Gasteiger partial charge in [-0.05, 0) is 122 Å². The Morgan fingerprint density at radius 2 is 1.11 bits per heavy atom. The summed E-state index contributed by atoms with van der Waals surface area (Å²) in [5, 5.41) is 8.51. The number of anilines is 3. The molecule has 308 valence electrons. The lowest BCUT2D eigenvalue weighted by Crippen LogP contribution is -2.56. The van der Waals surface area contributed by atoms with E-state index >= 15 is 0 Å². The summed E-state index contributed by atoms with van der Waals surface area (Å²) < 4.78 is 17.3.